The number of aromatic nitrogens is 1. The van der Waals surface area contributed by atoms with Gasteiger partial charge in [-0.15, -0.1) is 12.1 Å². The summed E-state index contributed by atoms with van der Waals surface area (Å²) >= 11 is 0. The van der Waals surface area contributed by atoms with E-state index in [1.54, 1.807) is 6.20 Å². The second-order valence-corrected chi connectivity index (χ2v) is 2.87. The summed E-state index contributed by atoms with van der Waals surface area (Å²) in [7, 11) is 0. The normalized spacial score (nSPS) is 13.9. The summed E-state index contributed by atoms with van der Waals surface area (Å²) in [5.41, 5.74) is -4.97. The molecule has 1 rings (SSSR count). The lowest BCUT2D eigenvalue weighted by Crippen LogP contribution is -2.72. The highest BCUT2D eigenvalue weighted by Crippen LogP contribution is 2.42. The number of rotatable bonds is 1. The van der Waals surface area contributed by atoms with Crippen molar-refractivity contribution in [3.8, 4) is 0 Å². The third-order valence-corrected chi connectivity index (χ3v) is 1.80. The predicted octanol–water partition coefficient (Wildman–Crippen LogP) is 1.54. The van der Waals surface area contributed by atoms with Crippen LogP contribution in [0.1, 0.15) is 0 Å². The van der Waals surface area contributed by atoms with Gasteiger partial charge in [0, 0.05) is 0 Å². The number of hydrogen-bond acceptors (Lipinski definition) is 1. The summed E-state index contributed by atoms with van der Waals surface area (Å²) in [6.07, 6.45) is -9.71. The summed E-state index contributed by atoms with van der Waals surface area (Å²) in [6.45, 7) is 0. The van der Waals surface area contributed by atoms with Gasteiger partial charge in [0.15, 0.2) is 0 Å². The lowest BCUT2D eigenvalue weighted by atomic mass is 10.2. The van der Waals surface area contributed by atoms with E-state index in [1.807, 2.05) is 0 Å². The molecule has 0 saturated carbocycles. The molecule has 8 heteroatoms. The van der Waals surface area contributed by atoms with Crippen LogP contribution >= 0.6 is 0 Å². The molecule has 0 unspecified atom stereocenters. The van der Waals surface area contributed by atoms with Crippen molar-refractivity contribution < 1.29 is 36.0 Å². The van der Waals surface area contributed by atoms with Gasteiger partial charge in [0.1, 0.15) is 6.20 Å². The summed E-state index contributed by atoms with van der Waals surface area (Å²) in [5.74, 6) is 0. The summed E-state index contributed by atoms with van der Waals surface area (Å²) in [5, 5.41) is 8.84. The van der Waals surface area contributed by atoms with Crippen molar-refractivity contribution >= 4 is 0 Å². The predicted molar refractivity (Wildman–Crippen MR) is 37.8 cm³/mol. The van der Waals surface area contributed by atoms with Crippen LogP contribution in [0.4, 0.5) is 26.3 Å². The van der Waals surface area contributed by atoms with Gasteiger partial charge in [-0.25, -0.2) is 0 Å². The molecule has 0 amide bonds. The Morgan fingerprint density at radius 3 is 1.75 bits per heavy atom. The second kappa shape index (κ2) is 3.62. The van der Waals surface area contributed by atoms with Gasteiger partial charge in [-0.1, -0.05) is 0 Å². The minimum Gasteiger partial charge on any atom is -0.321 e. The average molecular weight is 245 g/mol. The van der Waals surface area contributed by atoms with E-state index in [0.717, 1.165) is 12.1 Å². The van der Waals surface area contributed by atoms with Crippen LogP contribution in [0.25, 0.3) is 0 Å². The highest BCUT2D eigenvalue weighted by Gasteiger charge is 2.77. The van der Waals surface area contributed by atoms with Gasteiger partial charge >= 0.3 is 18.1 Å². The maximum Gasteiger partial charge on any atom is 0.492 e. The monoisotopic (exact) mass is 245 g/mol. The Bertz CT molecular complexity index is 343. The van der Waals surface area contributed by atoms with E-state index in [1.165, 1.54) is 6.07 Å². The van der Waals surface area contributed by atoms with Crippen molar-refractivity contribution in [2.75, 3.05) is 0 Å². The molecule has 0 radical (unpaired) electrons. The summed E-state index contributed by atoms with van der Waals surface area (Å²) in [6, 6.07) is 2.91. The number of alkyl halides is 6. The van der Waals surface area contributed by atoms with Gasteiger partial charge in [-0.05, 0) is 0 Å². The van der Waals surface area contributed by atoms with Crippen molar-refractivity contribution in [2.45, 2.75) is 18.1 Å². The first-order valence-electron chi connectivity index (χ1n) is 3.85. The lowest BCUT2D eigenvalue weighted by Gasteiger charge is -2.28. The van der Waals surface area contributed by atoms with Crippen LogP contribution in [0.3, 0.4) is 0 Å². The number of nitrogens with zero attached hydrogens (tertiary/aromatic N) is 1. The molecule has 0 aliphatic rings. The van der Waals surface area contributed by atoms with Crippen molar-refractivity contribution in [3.05, 3.63) is 30.6 Å². The first-order valence-corrected chi connectivity index (χ1v) is 3.85. The smallest absolute Gasteiger partial charge is 0.321 e. The first kappa shape index (κ1) is 12.8. The van der Waals surface area contributed by atoms with E-state index < -0.39 is 22.6 Å². The zero-order valence-electron chi connectivity index (χ0n) is 7.47. The average Bonchev–Trinajstić information content (AvgIpc) is 2.14. The maximum absolute atomic E-state index is 12.3. The van der Waals surface area contributed by atoms with Crippen LogP contribution in [-0.2, 0) is 5.72 Å². The second-order valence-electron chi connectivity index (χ2n) is 2.87. The Hall–Kier alpha value is -1.31. The quantitative estimate of drug-likeness (QED) is 0.453. The highest BCUT2D eigenvalue weighted by atomic mass is 19.4. The number of pyridine rings is 1. The zero-order chi connectivity index (χ0) is 12.6. The molecule has 16 heavy (non-hydrogen) atoms. The zero-order valence-corrected chi connectivity index (χ0v) is 7.47. The van der Waals surface area contributed by atoms with E-state index in [2.05, 4.69) is 0 Å². The molecule has 2 nitrogen and oxygen atoms in total. The van der Waals surface area contributed by atoms with Crippen LogP contribution in [0.15, 0.2) is 24.4 Å². The summed E-state index contributed by atoms with van der Waals surface area (Å²) < 4.78 is 73.2. The fourth-order valence-corrected chi connectivity index (χ4v) is 0.993. The third kappa shape index (κ3) is 1.84. The SMILES string of the molecule is OC([n+]1[c-]cccc1)(C(F)(F)F)C(F)(F)F. The number of aliphatic hydroxyl groups is 1. The maximum atomic E-state index is 12.3. The molecule has 0 aliphatic carbocycles. The molecule has 0 aromatic carbocycles. The minimum atomic E-state index is -5.90. The van der Waals surface area contributed by atoms with E-state index in [4.69, 9.17) is 5.11 Å². The van der Waals surface area contributed by atoms with Crippen molar-refractivity contribution in [1.82, 2.24) is 0 Å². The Morgan fingerprint density at radius 2 is 1.44 bits per heavy atom. The fraction of sp³-hybridized carbons (Fsp3) is 0.375. The molecule has 0 spiro atoms. The molecular weight excluding hydrogens is 240 g/mol. The molecule has 0 atom stereocenters. The van der Waals surface area contributed by atoms with Crippen LogP contribution < -0.4 is 4.57 Å². The number of hydrogen-bond donors (Lipinski definition) is 1. The highest BCUT2D eigenvalue weighted by molar-refractivity contribution is 4.86. The molecule has 1 aromatic rings. The molecule has 0 aliphatic heterocycles. The molecule has 90 valence electrons. The van der Waals surface area contributed by atoms with Crippen LogP contribution in [0, 0.1) is 6.20 Å². The first-order chi connectivity index (χ1) is 7.11. The van der Waals surface area contributed by atoms with Crippen LogP contribution in [0.5, 0.6) is 0 Å². The topological polar surface area (TPSA) is 24.1 Å². The van der Waals surface area contributed by atoms with Gasteiger partial charge in [-0.3, -0.25) is 4.57 Å². The fourth-order valence-electron chi connectivity index (χ4n) is 0.993. The van der Waals surface area contributed by atoms with Crippen molar-refractivity contribution in [3.63, 3.8) is 0 Å². The van der Waals surface area contributed by atoms with Gasteiger partial charge in [-0.2, -0.15) is 32.4 Å². The van der Waals surface area contributed by atoms with Crippen LogP contribution in [-0.4, -0.2) is 17.5 Å². The molecule has 0 saturated heterocycles. The Kier molecular flexibility index (Phi) is 2.88. The minimum absolute atomic E-state index is 0.432. The molecular formula is C8H5F6NO. The van der Waals surface area contributed by atoms with Gasteiger partial charge < -0.3 is 5.11 Å². The van der Waals surface area contributed by atoms with E-state index in [9.17, 15) is 26.3 Å². The largest absolute Gasteiger partial charge is 0.492 e. The van der Waals surface area contributed by atoms with Gasteiger partial charge in [0.2, 0.25) is 0 Å². The van der Waals surface area contributed by atoms with E-state index in [0.29, 0.717) is 6.20 Å². The Balaban J connectivity index is 3.39. The third-order valence-electron chi connectivity index (χ3n) is 1.80. The Labute approximate surface area is 85.7 Å². The van der Waals surface area contributed by atoms with Gasteiger partial charge in [0.25, 0.3) is 0 Å². The van der Waals surface area contributed by atoms with Crippen molar-refractivity contribution in [2.24, 2.45) is 0 Å². The standard InChI is InChI=1S/C8H5F6NO/c9-7(10,11)6(16,8(12,13)14)15-4-2-1-3-5-15/h1-4,16H. The molecule has 1 heterocycles. The Morgan fingerprint density at radius 1 is 0.938 bits per heavy atom. The molecule has 0 fully saturated rings. The van der Waals surface area contributed by atoms with Crippen molar-refractivity contribution in [1.29, 1.82) is 0 Å². The molecule has 0 bridgehead atoms. The van der Waals surface area contributed by atoms with E-state index >= 15 is 0 Å². The van der Waals surface area contributed by atoms with Gasteiger partial charge in [0.05, 0.1) is 6.20 Å². The molecule has 1 N–H and O–H groups in total. The summed E-state index contributed by atoms with van der Waals surface area (Å²) in [4.78, 5) is 0. The van der Waals surface area contributed by atoms with Crippen LogP contribution in [0.2, 0.25) is 0 Å². The number of halogens is 6. The lowest BCUT2D eigenvalue weighted by molar-refractivity contribution is -0.864. The van der Waals surface area contributed by atoms with E-state index in [-0.39, 0.29) is 0 Å². The molecule has 1 aromatic heterocycles.